The molecule has 6 heteroatoms. The highest BCUT2D eigenvalue weighted by Gasteiger charge is 2.18. The monoisotopic (exact) mass is 415 g/mol. The number of nitrogens with one attached hydrogen (secondary N) is 1. The van der Waals surface area contributed by atoms with E-state index in [1.165, 1.54) is 11.1 Å². The minimum absolute atomic E-state index is 0.178. The second-order valence-electron chi connectivity index (χ2n) is 7.33. The molecule has 1 amide bonds. The third-order valence-electron chi connectivity index (χ3n) is 4.56. The summed E-state index contributed by atoms with van der Waals surface area (Å²) >= 11 is 12.2. The molecule has 0 aliphatic carbocycles. The number of rotatable bonds is 5. The molecule has 0 aliphatic rings. The van der Waals surface area contributed by atoms with E-state index in [0.29, 0.717) is 33.9 Å². The summed E-state index contributed by atoms with van der Waals surface area (Å²) < 4.78 is 1.61. The van der Waals surface area contributed by atoms with Crippen LogP contribution in [-0.4, -0.2) is 22.2 Å². The van der Waals surface area contributed by atoms with Crippen LogP contribution in [-0.2, 0) is 0 Å². The van der Waals surface area contributed by atoms with Gasteiger partial charge in [0.05, 0.1) is 21.4 Å². The van der Waals surface area contributed by atoms with Gasteiger partial charge in [0.1, 0.15) is 5.69 Å². The van der Waals surface area contributed by atoms with E-state index in [1.54, 1.807) is 22.9 Å². The Bertz CT molecular complexity index is 1020. The van der Waals surface area contributed by atoms with Gasteiger partial charge in [-0.3, -0.25) is 4.79 Å². The fourth-order valence-corrected chi connectivity index (χ4v) is 3.08. The van der Waals surface area contributed by atoms with Crippen LogP contribution in [0.3, 0.4) is 0 Å². The SMILES string of the molecule is Cc1ccc(-c2cc(C(=O)NCC(C)C)n(-c3ccc(Cl)c(Cl)c3)n2)cc1C. The fraction of sp³-hybridized carbons (Fsp3) is 0.273. The van der Waals surface area contributed by atoms with Crippen molar-refractivity contribution in [2.45, 2.75) is 27.7 Å². The largest absolute Gasteiger partial charge is 0.350 e. The first-order valence-corrected chi connectivity index (χ1v) is 9.93. The summed E-state index contributed by atoms with van der Waals surface area (Å²) in [6.45, 7) is 8.82. The second kappa shape index (κ2) is 8.38. The van der Waals surface area contributed by atoms with Crippen molar-refractivity contribution >= 4 is 29.1 Å². The van der Waals surface area contributed by atoms with Crippen LogP contribution in [0.15, 0.2) is 42.5 Å². The predicted molar refractivity (Wildman–Crippen MR) is 116 cm³/mol. The lowest BCUT2D eigenvalue weighted by molar-refractivity contribution is 0.0941. The molecule has 0 spiro atoms. The van der Waals surface area contributed by atoms with Crippen LogP contribution in [0, 0.1) is 19.8 Å². The molecular formula is C22H23Cl2N3O. The number of carbonyl (C=O) groups is 1. The lowest BCUT2D eigenvalue weighted by Crippen LogP contribution is -2.29. The van der Waals surface area contributed by atoms with Crippen LogP contribution in [0.4, 0.5) is 0 Å². The molecule has 0 aliphatic heterocycles. The van der Waals surface area contributed by atoms with Crippen LogP contribution >= 0.6 is 23.2 Å². The molecule has 1 aromatic heterocycles. The lowest BCUT2D eigenvalue weighted by atomic mass is 10.0. The van der Waals surface area contributed by atoms with E-state index in [2.05, 4.69) is 45.1 Å². The molecule has 0 saturated heterocycles. The number of halogens is 2. The number of hydrogen-bond donors (Lipinski definition) is 1. The van der Waals surface area contributed by atoms with E-state index >= 15 is 0 Å². The average molecular weight is 416 g/mol. The van der Waals surface area contributed by atoms with Crippen molar-refractivity contribution in [3.8, 4) is 16.9 Å². The van der Waals surface area contributed by atoms with Crippen molar-refractivity contribution in [1.82, 2.24) is 15.1 Å². The molecule has 0 radical (unpaired) electrons. The summed E-state index contributed by atoms with van der Waals surface area (Å²) in [6, 6.07) is 13.2. The van der Waals surface area contributed by atoms with E-state index in [0.717, 1.165) is 11.3 Å². The Labute approximate surface area is 175 Å². The third-order valence-corrected chi connectivity index (χ3v) is 5.30. The van der Waals surface area contributed by atoms with Gasteiger partial charge in [0.25, 0.3) is 5.91 Å². The van der Waals surface area contributed by atoms with Crippen LogP contribution in [0.5, 0.6) is 0 Å². The molecule has 4 nitrogen and oxygen atoms in total. The summed E-state index contributed by atoms with van der Waals surface area (Å²) in [6.07, 6.45) is 0. The topological polar surface area (TPSA) is 46.9 Å². The predicted octanol–water partition coefficient (Wildman–Crippen LogP) is 5.85. The highest BCUT2D eigenvalue weighted by atomic mass is 35.5. The van der Waals surface area contributed by atoms with Gasteiger partial charge in [0, 0.05) is 12.1 Å². The number of nitrogens with zero attached hydrogens (tertiary/aromatic N) is 2. The number of aromatic nitrogens is 2. The van der Waals surface area contributed by atoms with Gasteiger partial charge in [-0.1, -0.05) is 49.2 Å². The number of carbonyl (C=O) groups excluding carboxylic acids is 1. The first-order chi connectivity index (χ1) is 13.3. The smallest absolute Gasteiger partial charge is 0.270 e. The number of aryl methyl sites for hydroxylation is 2. The van der Waals surface area contributed by atoms with Gasteiger partial charge in [0.15, 0.2) is 0 Å². The summed E-state index contributed by atoms with van der Waals surface area (Å²) in [5, 5.41) is 8.52. The third kappa shape index (κ3) is 4.40. The molecule has 0 saturated carbocycles. The molecule has 0 atom stereocenters. The second-order valence-corrected chi connectivity index (χ2v) is 8.14. The molecule has 0 fully saturated rings. The first-order valence-electron chi connectivity index (χ1n) is 9.17. The Morgan fingerprint density at radius 3 is 2.43 bits per heavy atom. The minimum atomic E-state index is -0.178. The van der Waals surface area contributed by atoms with Crippen LogP contribution in [0.25, 0.3) is 16.9 Å². The van der Waals surface area contributed by atoms with Crippen molar-refractivity contribution in [3.63, 3.8) is 0 Å². The van der Waals surface area contributed by atoms with Gasteiger partial charge < -0.3 is 5.32 Å². The molecule has 0 bridgehead atoms. The Balaban J connectivity index is 2.09. The quantitative estimate of drug-likeness (QED) is 0.567. The van der Waals surface area contributed by atoms with E-state index in [-0.39, 0.29) is 5.91 Å². The van der Waals surface area contributed by atoms with Gasteiger partial charge in [-0.05, 0) is 61.2 Å². The molecule has 3 aromatic rings. The van der Waals surface area contributed by atoms with Crippen molar-refractivity contribution in [1.29, 1.82) is 0 Å². The van der Waals surface area contributed by atoms with Gasteiger partial charge in [-0.2, -0.15) is 5.10 Å². The Morgan fingerprint density at radius 1 is 1.04 bits per heavy atom. The highest BCUT2D eigenvalue weighted by Crippen LogP contribution is 2.28. The van der Waals surface area contributed by atoms with E-state index in [9.17, 15) is 4.79 Å². The molecule has 3 rings (SSSR count). The Kier molecular flexibility index (Phi) is 6.11. The molecular weight excluding hydrogens is 393 g/mol. The Hall–Kier alpha value is -2.30. The molecule has 1 heterocycles. The molecule has 2 aromatic carbocycles. The summed E-state index contributed by atoms with van der Waals surface area (Å²) in [5.74, 6) is 0.173. The minimum Gasteiger partial charge on any atom is -0.350 e. The van der Waals surface area contributed by atoms with Gasteiger partial charge >= 0.3 is 0 Å². The van der Waals surface area contributed by atoms with Crippen molar-refractivity contribution in [2.24, 2.45) is 5.92 Å². The maximum Gasteiger partial charge on any atom is 0.270 e. The number of hydrogen-bond acceptors (Lipinski definition) is 2. The first kappa shape index (κ1) is 20.4. The van der Waals surface area contributed by atoms with E-state index in [4.69, 9.17) is 28.3 Å². The van der Waals surface area contributed by atoms with Crippen LogP contribution < -0.4 is 5.32 Å². The van der Waals surface area contributed by atoms with E-state index < -0.39 is 0 Å². The van der Waals surface area contributed by atoms with Crippen molar-refractivity contribution in [2.75, 3.05) is 6.54 Å². The maximum absolute atomic E-state index is 12.8. The molecule has 1 N–H and O–H groups in total. The van der Waals surface area contributed by atoms with Crippen LogP contribution in [0.2, 0.25) is 10.0 Å². The normalized spacial score (nSPS) is 11.1. The maximum atomic E-state index is 12.8. The zero-order valence-electron chi connectivity index (χ0n) is 16.4. The van der Waals surface area contributed by atoms with Crippen molar-refractivity contribution in [3.05, 3.63) is 69.3 Å². The summed E-state index contributed by atoms with van der Waals surface area (Å²) in [5.41, 5.74) is 5.20. The number of benzene rings is 2. The molecule has 146 valence electrons. The lowest BCUT2D eigenvalue weighted by Gasteiger charge is -2.10. The van der Waals surface area contributed by atoms with Crippen LogP contribution in [0.1, 0.15) is 35.5 Å². The van der Waals surface area contributed by atoms with Gasteiger partial charge in [0.2, 0.25) is 0 Å². The molecule has 0 unspecified atom stereocenters. The standard InChI is InChI=1S/C22H23Cl2N3O/c1-13(2)12-25-22(28)21-11-20(16-6-5-14(3)15(4)9-16)26-27(21)17-7-8-18(23)19(24)10-17/h5-11,13H,12H2,1-4H3,(H,25,28). The summed E-state index contributed by atoms with van der Waals surface area (Å²) in [7, 11) is 0. The summed E-state index contributed by atoms with van der Waals surface area (Å²) in [4.78, 5) is 12.8. The highest BCUT2D eigenvalue weighted by molar-refractivity contribution is 6.42. The molecule has 28 heavy (non-hydrogen) atoms. The van der Waals surface area contributed by atoms with Crippen molar-refractivity contribution < 1.29 is 4.79 Å². The fourth-order valence-electron chi connectivity index (χ4n) is 2.79. The van der Waals surface area contributed by atoms with Gasteiger partial charge in [-0.25, -0.2) is 4.68 Å². The van der Waals surface area contributed by atoms with E-state index in [1.807, 2.05) is 12.1 Å². The van der Waals surface area contributed by atoms with Gasteiger partial charge in [-0.15, -0.1) is 0 Å². The zero-order valence-corrected chi connectivity index (χ0v) is 17.9. The Morgan fingerprint density at radius 2 is 1.79 bits per heavy atom. The average Bonchev–Trinajstić information content (AvgIpc) is 3.09. The zero-order chi connectivity index (χ0) is 20.4. The number of amides is 1.